The molecule has 0 bridgehead atoms. The van der Waals surface area contributed by atoms with Gasteiger partial charge in [0, 0.05) is 13.1 Å². The molecule has 1 unspecified atom stereocenters. The first-order valence-corrected chi connectivity index (χ1v) is 6.28. The highest BCUT2D eigenvalue weighted by Crippen LogP contribution is 2.13. The molecule has 0 amide bonds. The number of halogens is 1. The van der Waals surface area contributed by atoms with Crippen molar-refractivity contribution in [3.05, 3.63) is 24.2 Å². The molecular weight excluding hydrogens is 215 g/mol. The first-order valence-electron chi connectivity index (χ1n) is 6.28. The zero-order chi connectivity index (χ0) is 13.4. The molecular formula is C14H27FN2. The number of hydrogen-bond donors (Lipinski definition) is 1. The van der Waals surface area contributed by atoms with Gasteiger partial charge in [0.2, 0.25) is 0 Å². The smallest absolute Gasteiger partial charge is 0.142 e. The van der Waals surface area contributed by atoms with Gasteiger partial charge in [-0.1, -0.05) is 27.4 Å². The van der Waals surface area contributed by atoms with Crippen molar-refractivity contribution in [1.29, 1.82) is 0 Å². The third-order valence-corrected chi connectivity index (χ3v) is 3.00. The molecule has 17 heavy (non-hydrogen) atoms. The van der Waals surface area contributed by atoms with E-state index >= 15 is 0 Å². The summed E-state index contributed by atoms with van der Waals surface area (Å²) in [4.78, 5) is 1.91. The van der Waals surface area contributed by atoms with Crippen LogP contribution in [0.3, 0.4) is 0 Å². The van der Waals surface area contributed by atoms with Crippen molar-refractivity contribution in [2.24, 2.45) is 11.8 Å². The van der Waals surface area contributed by atoms with Crippen LogP contribution in [0.1, 0.15) is 27.2 Å². The summed E-state index contributed by atoms with van der Waals surface area (Å²) in [5.74, 6) is 1.05. The van der Waals surface area contributed by atoms with E-state index in [1.54, 1.807) is 6.08 Å². The molecule has 0 spiro atoms. The maximum atomic E-state index is 13.5. The lowest BCUT2D eigenvalue weighted by atomic mass is 9.95. The predicted octanol–water partition coefficient (Wildman–Crippen LogP) is 3.19. The summed E-state index contributed by atoms with van der Waals surface area (Å²) in [6, 6.07) is 0. The topological polar surface area (TPSA) is 15.3 Å². The third kappa shape index (κ3) is 7.97. The zero-order valence-corrected chi connectivity index (χ0v) is 11.9. The lowest BCUT2D eigenvalue weighted by Gasteiger charge is -2.16. The zero-order valence-electron chi connectivity index (χ0n) is 11.9. The lowest BCUT2D eigenvalue weighted by Crippen LogP contribution is -2.19. The second-order valence-corrected chi connectivity index (χ2v) is 5.23. The van der Waals surface area contributed by atoms with E-state index in [0.29, 0.717) is 24.1 Å². The van der Waals surface area contributed by atoms with Crippen LogP contribution in [0.15, 0.2) is 24.2 Å². The summed E-state index contributed by atoms with van der Waals surface area (Å²) in [6.07, 6.45) is 2.58. The Kier molecular flexibility index (Phi) is 7.88. The van der Waals surface area contributed by atoms with Crippen LogP contribution in [0.25, 0.3) is 0 Å². The van der Waals surface area contributed by atoms with Crippen LogP contribution in [0.4, 0.5) is 4.39 Å². The average molecular weight is 242 g/mol. The molecule has 0 aliphatic rings. The highest BCUT2D eigenvalue weighted by atomic mass is 19.1. The molecule has 0 rings (SSSR count). The first kappa shape index (κ1) is 16.2. The van der Waals surface area contributed by atoms with Gasteiger partial charge in [0.05, 0.1) is 5.70 Å². The Bertz CT molecular complexity index is 257. The minimum absolute atomic E-state index is 0.254. The molecule has 0 aromatic rings. The van der Waals surface area contributed by atoms with Crippen molar-refractivity contribution >= 4 is 0 Å². The number of rotatable bonds is 8. The van der Waals surface area contributed by atoms with E-state index < -0.39 is 0 Å². The molecule has 2 nitrogen and oxygen atoms in total. The van der Waals surface area contributed by atoms with Crippen molar-refractivity contribution in [2.45, 2.75) is 27.2 Å². The van der Waals surface area contributed by atoms with E-state index in [1.165, 1.54) is 0 Å². The SMILES string of the molecule is C=C(NCCC(C)C(C)C)/C(F)=C\CN(C)C. The summed E-state index contributed by atoms with van der Waals surface area (Å²) in [7, 11) is 3.81. The summed E-state index contributed by atoms with van der Waals surface area (Å²) < 4.78 is 13.5. The second-order valence-electron chi connectivity index (χ2n) is 5.23. The van der Waals surface area contributed by atoms with Crippen molar-refractivity contribution in [3.63, 3.8) is 0 Å². The summed E-state index contributed by atoms with van der Waals surface area (Å²) >= 11 is 0. The Morgan fingerprint density at radius 3 is 2.41 bits per heavy atom. The number of allylic oxidation sites excluding steroid dienone is 1. The fourth-order valence-electron chi connectivity index (χ4n) is 1.25. The molecule has 0 aromatic carbocycles. The van der Waals surface area contributed by atoms with Crippen molar-refractivity contribution in [3.8, 4) is 0 Å². The van der Waals surface area contributed by atoms with Gasteiger partial charge in [0.1, 0.15) is 5.83 Å². The average Bonchev–Trinajstić information content (AvgIpc) is 2.25. The predicted molar refractivity (Wildman–Crippen MR) is 73.5 cm³/mol. The number of likely N-dealkylation sites (N-methyl/N-ethyl adjacent to an activating group) is 1. The van der Waals surface area contributed by atoms with E-state index in [1.807, 2.05) is 19.0 Å². The van der Waals surface area contributed by atoms with Gasteiger partial charge in [-0.2, -0.15) is 0 Å². The van der Waals surface area contributed by atoms with Gasteiger partial charge in [-0.15, -0.1) is 0 Å². The van der Waals surface area contributed by atoms with Gasteiger partial charge in [-0.25, -0.2) is 4.39 Å². The summed E-state index contributed by atoms with van der Waals surface area (Å²) in [5, 5.41) is 3.04. The van der Waals surface area contributed by atoms with Crippen LogP contribution in [0.5, 0.6) is 0 Å². The maximum Gasteiger partial charge on any atom is 0.142 e. The highest BCUT2D eigenvalue weighted by molar-refractivity contribution is 5.20. The van der Waals surface area contributed by atoms with Crippen LogP contribution in [-0.2, 0) is 0 Å². The molecule has 3 heteroatoms. The fraction of sp³-hybridized carbons (Fsp3) is 0.714. The van der Waals surface area contributed by atoms with Crippen molar-refractivity contribution in [2.75, 3.05) is 27.2 Å². The molecule has 0 saturated carbocycles. The molecule has 0 saturated heterocycles. The molecule has 0 heterocycles. The summed E-state index contributed by atoms with van der Waals surface area (Å²) in [5.41, 5.74) is 0.391. The Morgan fingerprint density at radius 2 is 1.94 bits per heavy atom. The van der Waals surface area contributed by atoms with Crippen LogP contribution in [-0.4, -0.2) is 32.1 Å². The Hall–Kier alpha value is -0.830. The maximum absolute atomic E-state index is 13.5. The van der Waals surface area contributed by atoms with Gasteiger partial charge >= 0.3 is 0 Å². The van der Waals surface area contributed by atoms with E-state index in [9.17, 15) is 4.39 Å². The molecule has 0 radical (unpaired) electrons. The quantitative estimate of drug-likeness (QED) is 0.658. The van der Waals surface area contributed by atoms with Gasteiger partial charge in [0.25, 0.3) is 0 Å². The number of nitrogens with one attached hydrogen (secondary N) is 1. The lowest BCUT2D eigenvalue weighted by molar-refractivity contribution is 0.388. The van der Waals surface area contributed by atoms with Crippen LogP contribution < -0.4 is 5.32 Å². The van der Waals surface area contributed by atoms with E-state index in [2.05, 4.69) is 32.7 Å². The van der Waals surface area contributed by atoms with Crippen LogP contribution in [0.2, 0.25) is 0 Å². The molecule has 0 aromatic heterocycles. The van der Waals surface area contributed by atoms with E-state index in [4.69, 9.17) is 0 Å². The molecule has 100 valence electrons. The molecule has 1 atom stereocenters. The normalized spacial score (nSPS) is 14.2. The standard InChI is InChI=1S/C14H27FN2/c1-11(2)12(3)7-9-16-13(4)14(15)8-10-17(5)6/h8,11-12,16H,4,7,9-10H2,1-3,5-6H3/b14-8+. The second kappa shape index (κ2) is 8.29. The molecule has 0 fully saturated rings. The van der Waals surface area contributed by atoms with E-state index in [0.717, 1.165) is 13.0 Å². The Balaban J connectivity index is 3.90. The number of hydrogen-bond acceptors (Lipinski definition) is 2. The van der Waals surface area contributed by atoms with Crippen LogP contribution in [0, 0.1) is 11.8 Å². The minimum atomic E-state index is -0.254. The molecule has 0 aliphatic carbocycles. The van der Waals surface area contributed by atoms with Gasteiger partial charge < -0.3 is 10.2 Å². The monoisotopic (exact) mass is 242 g/mol. The van der Waals surface area contributed by atoms with E-state index in [-0.39, 0.29) is 5.83 Å². The van der Waals surface area contributed by atoms with Gasteiger partial charge in [0.15, 0.2) is 0 Å². The Morgan fingerprint density at radius 1 is 1.35 bits per heavy atom. The first-order chi connectivity index (χ1) is 7.84. The molecule has 0 aliphatic heterocycles. The third-order valence-electron chi connectivity index (χ3n) is 3.00. The van der Waals surface area contributed by atoms with Crippen molar-refractivity contribution in [1.82, 2.24) is 10.2 Å². The largest absolute Gasteiger partial charge is 0.383 e. The Labute approximate surface area is 106 Å². The number of nitrogens with zero attached hydrogens (tertiary/aromatic N) is 1. The van der Waals surface area contributed by atoms with Crippen molar-refractivity contribution < 1.29 is 4.39 Å². The van der Waals surface area contributed by atoms with Crippen LogP contribution >= 0.6 is 0 Å². The summed E-state index contributed by atoms with van der Waals surface area (Å²) in [6.45, 7) is 11.7. The minimum Gasteiger partial charge on any atom is -0.383 e. The molecule has 1 N–H and O–H groups in total. The van der Waals surface area contributed by atoms with Gasteiger partial charge in [-0.05, 0) is 38.4 Å². The van der Waals surface area contributed by atoms with Gasteiger partial charge in [-0.3, -0.25) is 0 Å². The highest BCUT2D eigenvalue weighted by Gasteiger charge is 2.07. The fourth-order valence-corrected chi connectivity index (χ4v) is 1.25.